The molecule has 2 unspecified atom stereocenters. The zero-order valence-corrected chi connectivity index (χ0v) is 27.1. The lowest BCUT2D eigenvalue weighted by atomic mass is 10.0. The third-order valence-corrected chi connectivity index (χ3v) is 8.86. The van der Waals surface area contributed by atoms with E-state index < -0.39 is 0 Å². The average molecular weight is 547 g/mol. The number of hydrogen-bond donors (Lipinski definition) is 0. The predicted molar refractivity (Wildman–Crippen MR) is 179 cm³/mol. The molecule has 2 aromatic rings. The summed E-state index contributed by atoms with van der Waals surface area (Å²) in [7, 11) is 0. The first-order valence-electron chi connectivity index (χ1n) is 16.1. The molecule has 0 bridgehead atoms. The Morgan fingerprint density at radius 2 is 0.949 bits per heavy atom. The fourth-order valence-corrected chi connectivity index (χ4v) is 6.89. The number of unbranched alkanes of at least 4 members (excludes halogenated alkanes) is 10. The van der Waals surface area contributed by atoms with Crippen molar-refractivity contribution in [1.29, 1.82) is 0 Å². The van der Waals surface area contributed by atoms with Crippen molar-refractivity contribution in [3.63, 3.8) is 0 Å². The fraction of sp³-hybridized carbons (Fsp3) is 0.579. The first-order valence-corrected chi connectivity index (χ1v) is 17.0. The molecule has 0 aliphatic rings. The Hall–Kier alpha value is -1.73. The van der Waals surface area contributed by atoms with Gasteiger partial charge in [0.1, 0.15) is 0 Å². The van der Waals surface area contributed by atoms with Gasteiger partial charge in [0.15, 0.2) is 0 Å². The molecule has 0 nitrogen and oxygen atoms in total. The molecular weight excluding hydrogens is 488 g/mol. The minimum absolute atomic E-state index is 0.349. The highest BCUT2D eigenvalue weighted by Gasteiger charge is 2.18. The number of rotatable bonds is 20. The summed E-state index contributed by atoms with van der Waals surface area (Å²) in [6.07, 6.45) is 23.6. The molecular formula is C38H58S. The monoisotopic (exact) mass is 546 g/mol. The lowest BCUT2D eigenvalue weighted by Gasteiger charge is -2.22. The summed E-state index contributed by atoms with van der Waals surface area (Å²) in [6, 6.07) is 18.9. The van der Waals surface area contributed by atoms with Crippen molar-refractivity contribution in [3.05, 3.63) is 94.1 Å². The van der Waals surface area contributed by atoms with Crippen LogP contribution in [0.5, 0.6) is 0 Å². The van der Waals surface area contributed by atoms with Crippen LogP contribution in [0.25, 0.3) is 0 Å². The highest BCUT2D eigenvalue weighted by Crippen LogP contribution is 2.43. The van der Waals surface area contributed by atoms with E-state index in [1.807, 2.05) is 0 Å². The van der Waals surface area contributed by atoms with Crippen molar-refractivity contribution in [2.45, 2.75) is 142 Å². The van der Waals surface area contributed by atoms with Crippen LogP contribution in [-0.4, -0.2) is 0 Å². The maximum Gasteiger partial charge on any atom is 0.0489 e. The highest BCUT2D eigenvalue weighted by molar-refractivity contribution is 8.00. The van der Waals surface area contributed by atoms with Gasteiger partial charge < -0.3 is 0 Å². The Bertz CT molecular complexity index is 894. The van der Waals surface area contributed by atoms with Crippen molar-refractivity contribution in [2.24, 2.45) is 0 Å². The van der Waals surface area contributed by atoms with Gasteiger partial charge in [0.25, 0.3) is 0 Å². The van der Waals surface area contributed by atoms with Gasteiger partial charge in [-0.3, -0.25) is 0 Å². The van der Waals surface area contributed by atoms with Crippen LogP contribution in [0.3, 0.4) is 0 Å². The van der Waals surface area contributed by atoms with E-state index in [2.05, 4.69) is 114 Å². The van der Waals surface area contributed by atoms with E-state index in [1.54, 1.807) is 0 Å². The molecule has 2 aromatic carbocycles. The van der Waals surface area contributed by atoms with Crippen molar-refractivity contribution in [1.82, 2.24) is 0 Å². The molecule has 2 atom stereocenters. The van der Waals surface area contributed by atoms with E-state index in [0.29, 0.717) is 10.5 Å². The SMILES string of the molecule is CCCCCCCCc1cccc(C(C=C(C)C)SC(C=C(C)C)c2cccc(CCCCCCCC)c2)c1. The number of benzene rings is 2. The number of hydrogen-bond acceptors (Lipinski definition) is 1. The van der Waals surface area contributed by atoms with Gasteiger partial charge in [-0.15, -0.1) is 11.8 Å². The summed E-state index contributed by atoms with van der Waals surface area (Å²) >= 11 is 2.09. The second-order valence-corrected chi connectivity index (χ2v) is 13.3. The van der Waals surface area contributed by atoms with Gasteiger partial charge in [0, 0.05) is 10.5 Å². The summed E-state index contributed by atoms with van der Waals surface area (Å²) in [6.45, 7) is 13.6. The van der Waals surface area contributed by atoms with Crippen LogP contribution >= 0.6 is 11.8 Å². The van der Waals surface area contributed by atoms with Crippen LogP contribution < -0.4 is 0 Å². The smallest absolute Gasteiger partial charge is 0.0489 e. The van der Waals surface area contributed by atoms with Gasteiger partial charge in [0.2, 0.25) is 0 Å². The summed E-state index contributed by atoms with van der Waals surface area (Å²) < 4.78 is 0. The van der Waals surface area contributed by atoms with E-state index in [4.69, 9.17) is 0 Å². The Kier molecular flexibility index (Phi) is 17.3. The molecule has 0 amide bonds. The van der Waals surface area contributed by atoms with Crippen LogP contribution in [0.1, 0.15) is 151 Å². The Morgan fingerprint density at radius 1 is 0.564 bits per heavy atom. The predicted octanol–water partition coefficient (Wildman–Crippen LogP) is 12.9. The van der Waals surface area contributed by atoms with Crippen LogP contribution in [0.15, 0.2) is 71.8 Å². The Balaban J connectivity index is 2.14. The fourth-order valence-electron chi connectivity index (χ4n) is 5.26. The van der Waals surface area contributed by atoms with Crippen LogP contribution in [-0.2, 0) is 12.8 Å². The minimum atomic E-state index is 0.349. The van der Waals surface area contributed by atoms with Crippen molar-refractivity contribution in [2.75, 3.05) is 0 Å². The Morgan fingerprint density at radius 3 is 1.33 bits per heavy atom. The summed E-state index contributed by atoms with van der Waals surface area (Å²) in [4.78, 5) is 0. The van der Waals surface area contributed by atoms with Crippen LogP contribution in [0, 0.1) is 0 Å². The Labute approximate surface area is 247 Å². The first kappa shape index (κ1) is 33.5. The highest BCUT2D eigenvalue weighted by atomic mass is 32.2. The number of thioether (sulfide) groups is 1. The lowest BCUT2D eigenvalue weighted by Crippen LogP contribution is -2.00. The van der Waals surface area contributed by atoms with Crippen LogP contribution in [0.4, 0.5) is 0 Å². The topological polar surface area (TPSA) is 0 Å². The molecule has 0 aliphatic heterocycles. The van der Waals surface area contributed by atoms with Gasteiger partial charge in [-0.2, -0.15) is 0 Å². The minimum Gasteiger partial charge on any atom is -0.137 e. The molecule has 0 N–H and O–H groups in total. The van der Waals surface area contributed by atoms with Crippen molar-refractivity contribution >= 4 is 11.8 Å². The van der Waals surface area contributed by atoms with Gasteiger partial charge in [0.05, 0.1) is 0 Å². The third-order valence-electron chi connectivity index (χ3n) is 7.46. The molecule has 216 valence electrons. The van der Waals surface area contributed by atoms with E-state index >= 15 is 0 Å². The maximum absolute atomic E-state index is 2.48. The summed E-state index contributed by atoms with van der Waals surface area (Å²) in [5.41, 5.74) is 8.66. The second-order valence-electron chi connectivity index (χ2n) is 12.0. The molecule has 0 aliphatic carbocycles. The van der Waals surface area contributed by atoms with Gasteiger partial charge >= 0.3 is 0 Å². The molecule has 0 saturated carbocycles. The summed E-state index contributed by atoms with van der Waals surface area (Å²) in [5.74, 6) is 0. The molecule has 0 heterocycles. The number of aryl methyl sites for hydroxylation is 2. The van der Waals surface area contributed by atoms with Gasteiger partial charge in [-0.1, -0.05) is 150 Å². The molecule has 0 spiro atoms. The van der Waals surface area contributed by atoms with E-state index in [0.717, 1.165) is 0 Å². The zero-order chi connectivity index (χ0) is 28.3. The molecule has 2 rings (SSSR count). The largest absolute Gasteiger partial charge is 0.137 e. The van der Waals surface area contributed by atoms with Crippen molar-refractivity contribution < 1.29 is 0 Å². The quantitative estimate of drug-likeness (QED) is 0.117. The second kappa shape index (κ2) is 20.2. The molecule has 0 fully saturated rings. The van der Waals surface area contributed by atoms with Gasteiger partial charge in [-0.25, -0.2) is 0 Å². The molecule has 39 heavy (non-hydrogen) atoms. The third kappa shape index (κ3) is 14.5. The lowest BCUT2D eigenvalue weighted by molar-refractivity contribution is 0.607. The average Bonchev–Trinajstić information content (AvgIpc) is 2.91. The zero-order valence-electron chi connectivity index (χ0n) is 26.2. The van der Waals surface area contributed by atoms with E-state index in [-0.39, 0.29) is 0 Å². The van der Waals surface area contributed by atoms with E-state index in [9.17, 15) is 0 Å². The molecule has 0 saturated heterocycles. The molecule has 0 radical (unpaired) electrons. The van der Waals surface area contributed by atoms with Crippen LogP contribution in [0.2, 0.25) is 0 Å². The molecule has 1 heteroatoms. The van der Waals surface area contributed by atoms with E-state index in [1.165, 1.54) is 123 Å². The summed E-state index contributed by atoms with van der Waals surface area (Å²) in [5, 5.41) is 0.699. The van der Waals surface area contributed by atoms with Gasteiger partial charge in [-0.05, 0) is 75.6 Å². The normalized spacial score (nSPS) is 12.7. The van der Waals surface area contributed by atoms with Crippen molar-refractivity contribution in [3.8, 4) is 0 Å². The standard InChI is InChI=1S/C38H58S/c1-7-9-11-13-15-17-21-33-23-19-25-35(29-33)37(27-31(3)4)39-38(28-32(5)6)36-26-20-24-34(30-36)22-18-16-14-12-10-8-2/h19-20,23-30,37-38H,7-18,21-22H2,1-6H3. The maximum atomic E-state index is 2.48. The first-order chi connectivity index (χ1) is 18.9. The number of allylic oxidation sites excluding steroid dienone is 2. The molecule has 0 aromatic heterocycles.